The molecule has 49 heavy (non-hydrogen) atoms. The van der Waals surface area contributed by atoms with Gasteiger partial charge in [-0.2, -0.15) is 0 Å². The van der Waals surface area contributed by atoms with Gasteiger partial charge in [0.25, 0.3) is 0 Å². The summed E-state index contributed by atoms with van der Waals surface area (Å²) in [6.45, 7) is 0. The lowest BCUT2D eigenvalue weighted by atomic mass is 9.92. The molecule has 4 nitrogen and oxygen atoms in total. The molecule has 10 aromatic rings. The first-order valence-electron chi connectivity index (χ1n) is 16.4. The van der Waals surface area contributed by atoms with Crippen LogP contribution in [0.5, 0.6) is 0 Å². The molecule has 8 aromatic carbocycles. The Kier molecular flexibility index (Phi) is 6.15. The standard InChI is InChI=1S/C45H27N3O/c1-2-13-29(14-3-1)43-46-44(37-22-10-17-28-12-6-7-18-32(28)37)48-45(47-43)38-25-24-35(33-19-8-9-20-34(33)38)36-21-11-23-40-42(36)39-26-30-15-4-5-16-31(30)27-41(39)49-40/h1-27H. The normalized spacial score (nSPS) is 11.7. The smallest absolute Gasteiger partial charge is 0.164 e. The van der Waals surface area contributed by atoms with Crippen LogP contribution >= 0.6 is 0 Å². The van der Waals surface area contributed by atoms with E-state index < -0.39 is 0 Å². The van der Waals surface area contributed by atoms with Gasteiger partial charge in [0.05, 0.1) is 0 Å². The van der Waals surface area contributed by atoms with Gasteiger partial charge < -0.3 is 4.42 Å². The molecule has 2 heterocycles. The number of hydrogen-bond acceptors (Lipinski definition) is 4. The van der Waals surface area contributed by atoms with Crippen LogP contribution in [-0.2, 0) is 0 Å². The second-order valence-corrected chi connectivity index (χ2v) is 12.4. The molecule has 0 saturated carbocycles. The van der Waals surface area contributed by atoms with E-state index in [0.29, 0.717) is 17.5 Å². The molecule has 0 radical (unpaired) electrons. The summed E-state index contributed by atoms with van der Waals surface area (Å²) >= 11 is 0. The molecule has 10 rings (SSSR count). The third-order valence-electron chi connectivity index (χ3n) is 9.52. The highest BCUT2D eigenvalue weighted by Crippen LogP contribution is 2.42. The van der Waals surface area contributed by atoms with Gasteiger partial charge in [-0.05, 0) is 67.7 Å². The van der Waals surface area contributed by atoms with Crippen LogP contribution in [0.4, 0.5) is 0 Å². The summed E-state index contributed by atoms with van der Waals surface area (Å²) in [5, 5.41) is 9.04. The number of aromatic nitrogens is 3. The van der Waals surface area contributed by atoms with Crippen molar-refractivity contribution >= 4 is 54.3 Å². The summed E-state index contributed by atoms with van der Waals surface area (Å²) < 4.78 is 6.44. The van der Waals surface area contributed by atoms with Crippen LogP contribution in [0.3, 0.4) is 0 Å². The SMILES string of the molecule is c1ccc(-c2nc(-c3cccc4ccccc34)nc(-c3ccc(-c4cccc5oc6cc7ccccc7cc6c45)c4ccccc34)n2)cc1. The quantitative estimate of drug-likeness (QED) is 0.195. The summed E-state index contributed by atoms with van der Waals surface area (Å²) in [6, 6.07) is 56.9. The van der Waals surface area contributed by atoms with E-state index >= 15 is 0 Å². The molecule has 0 bridgehead atoms. The van der Waals surface area contributed by atoms with Crippen LogP contribution in [0.15, 0.2) is 168 Å². The molecule has 0 aliphatic rings. The first kappa shape index (κ1) is 27.5. The van der Waals surface area contributed by atoms with Gasteiger partial charge in [0.15, 0.2) is 17.5 Å². The van der Waals surface area contributed by atoms with Crippen molar-refractivity contribution < 1.29 is 4.42 Å². The number of nitrogens with zero attached hydrogens (tertiary/aromatic N) is 3. The maximum absolute atomic E-state index is 6.44. The molecule has 0 aliphatic heterocycles. The van der Waals surface area contributed by atoms with Crippen LogP contribution in [0.1, 0.15) is 0 Å². The first-order valence-corrected chi connectivity index (χ1v) is 16.4. The fraction of sp³-hybridized carbons (Fsp3) is 0. The molecule has 228 valence electrons. The van der Waals surface area contributed by atoms with Gasteiger partial charge in [0.1, 0.15) is 11.2 Å². The van der Waals surface area contributed by atoms with Crippen LogP contribution in [0.25, 0.3) is 99.5 Å². The number of hydrogen-bond donors (Lipinski definition) is 0. The fourth-order valence-corrected chi connectivity index (χ4v) is 7.22. The van der Waals surface area contributed by atoms with Gasteiger partial charge in [0.2, 0.25) is 0 Å². The molecule has 0 atom stereocenters. The molecule has 0 amide bonds. The van der Waals surface area contributed by atoms with E-state index in [0.717, 1.165) is 71.3 Å². The lowest BCUT2D eigenvalue weighted by Crippen LogP contribution is -2.01. The average Bonchev–Trinajstić information content (AvgIpc) is 3.54. The zero-order valence-electron chi connectivity index (χ0n) is 26.3. The summed E-state index contributed by atoms with van der Waals surface area (Å²) in [6.07, 6.45) is 0. The van der Waals surface area contributed by atoms with E-state index in [1.165, 1.54) is 10.8 Å². The third-order valence-corrected chi connectivity index (χ3v) is 9.52. The molecule has 0 spiro atoms. The highest BCUT2D eigenvalue weighted by Gasteiger charge is 2.19. The van der Waals surface area contributed by atoms with Crippen LogP contribution in [0, 0.1) is 0 Å². The van der Waals surface area contributed by atoms with Gasteiger partial charge in [0, 0.05) is 27.5 Å². The largest absolute Gasteiger partial charge is 0.456 e. The maximum atomic E-state index is 6.44. The van der Waals surface area contributed by atoms with E-state index in [1.54, 1.807) is 0 Å². The third kappa shape index (κ3) is 4.49. The summed E-state index contributed by atoms with van der Waals surface area (Å²) in [7, 11) is 0. The second kappa shape index (κ2) is 11.0. The second-order valence-electron chi connectivity index (χ2n) is 12.4. The first-order chi connectivity index (χ1) is 24.3. The highest BCUT2D eigenvalue weighted by molar-refractivity contribution is 6.18. The van der Waals surface area contributed by atoms with Crippen molar-refractivity contribution in [2.75, 3.05) is 0 Å². The minimum atomic E-state index is 0.637. The number of fused-ring (bicyclic) bond motifs is 6. The topological polar surface area (TPSA) is 51.8 Å². The monoisotopic (exact) mass is 625 g/mol. The van der Waals surface area contributed by atoms with Crippen LogP contribution in [0.2, 0.25) is 0 Å². The Labute approximate surface area is 282 Å². The van der Waals surface area contributed by atoms with Crippen molar-refractivity contribution in [1.29, 1.82) is 0 Å². The Morgan fingerprint density at radius 2 is 0.878 bits per heavy atom. The van der Waals surface area contributed by atoms with Crippen LogP contribution < -0.4 is 0 Å². The van der Waals surface area contributed by atoms with Crippen molar-refractivity contribution in [3.8, 4) is 45.3 Å². The Balaban J connectivity index is 1.21. The molecule has 4 heteroatoms. The number of furan rings is 1. The Morgan fingerprint density at radius 3 is 1.67 bits per heavy atom. The van der Waals surface area contributed by atoms with Crippen molar-refractivity contribution in [3.05, 3.63) is 164 Å². The minimum Gasteiger partial charge on any atom is -0.456 e. The molecule has 2 aromatic heterocycles. The highest BCUT2D eigenvalue weighted by atomic mass is 16.3. The fourth-order valence-electron chi connectivity index (χ4n) is 7.22. The molecular formula is C45H27N3O. The van der Waals surface area contributed by atoms with Gasteiger partial charge in [-0.15, -0.1) is 0 Å². The summed E-state index contributed by atoms with van der Waals surface area (Å²) in [4.78, 5) is 15.3. The average molecular weight is 626 g/mol. The molecule has 0 aliphatic carbocycles. The van der Waals surface area contributed by atoms with Crippen molar-refractivity contribution in [2.45, 2.75) is 0 Å². The Bertz CT molecular complexity index is 2890. The van der Waals surface area contributed by atoms with Gasteiger partial charge in [-0.3, -0.25) is 0 Å². The lowest BCUT2D eigenvalue weighted by Gasteiger charge is -2.14. The lowest BCUT2D eigenvalue weighted by molar-refractivity contribution is 0.669. The molecular weight excluding hydrogens is 599 g/mol. The van der Waals surface area contributed by atoms with E-state index in [-0.39, 0.29) is 0 Å². The summed E-state index contributed by atoms with van der Waals surface area (Å²) in [5.41, 5.74) is 6.90. The van der Waals surface area contributed by atoms with Crippen molar-refractivity contribution in [2.24, 2.45) is 0 Å². The minimum absolute atomic E-state index is 0.637. The van der Waals surface area contributed by atoms with E-state index in [4.69, 9.17) is 19.4 Å². The molecule has 0 N–H and O–H groups in total. The number of benzene rings is 8. The number of rotatable bonds is 4. The van der Waals surface area contributed by atoms with Gasteiger partial charge >= 0.3 is 0 Å². The summed E-state index contributed by atoms with van der Waals surface area (Å²) in [5.74, 6) is 1.93. The molecule has 0 fully saturated rings. The zero-order valence-corrected chi connectivity index (χ0v) is 26.3. The van der Waals surface area contributed by atoms with Gasteiger partial charge in [-0.25, -0.2) is 15.0 Å². The van der Waals surface area contributed by atoms with E-state index in [9.17, 15) is 0 Å². The van der Waals surface area contributed by atoms with Gasteiger partial charge in [-0.1, -0.05) is 140 Å². The van der Waals surface area contributed by atoms with Crippen molar-refractivity contribution in [1.82, 2.24) is 15.0 Å². The zero-order chi connectivity index (χ0) is 32.3. The predicted octanol–water partition coefficient (Wildman–Crippen LogP) is 11.9. The van der Waals surface area contributed by atoms with Crippen LogP contribution in [-0.4, -0.2) is 15.0 Å². The van der Waals surface area contributed by atoms with Crippen molar-refractivity contribution in [3.63, 3.8) is 0 Å². The van der Waals surface area contributed by atoms with E-state index in [2.05, 4.69) is 133 Å². The Morgan fingerprint density at radius 1 is 0.327 bits per heavy atom. The molecule has 0 saturated heterocycles. The Hall–Kier alpha value is -6.65. The van der Waals surface area contributed by atoms with E-state index in [1.807, 2.05) is 30.3 Å². The maximum Gasteiger partial charge on any atom is 0.164 e. The molecule has 0 unspecified atom stereocenters. The predicted molar refractivity (Wildman–Crippen MR) is 201 cm³/mol.